The summed E-state index contributed by atoms with van der Waals surface area (Å²) >= 11 is 0. The number of imidazole rings is 1. The molecular formula is C24H28F2N4O3. The van der Waals surface area contributed by atoms with Crippen LogP contribution in [0.1, 0.15) is 50.0 Å². The summed E-state index contributed by atoms with van der Waals surface area (Å²) in [5, 5.41) is 15.9. The Balaban J connectivity index is 1.54. The Kier molecular flexibility index (Phi) is 6.51. The first kappa shape index (κ1) is 23.0. The summed E-state index contributed by atoms with van der Waals surface area (Å²) in [6.07, 6.45) is 2.68. The predicted molar refractivity (Wildman–Crippen MR) is 120 cm³/mol. The Morgan fingerprint density at radius 1 is 1.27 bits per heavy atom. The highest BCUT2D eigenvalue weighted by atomic mass is 19.1. The zero-order valence-electron chi connectivity index (χ0n) is 18.6. The van der Waals surface area contributed by atoms with Gasteiger partial charge in [-0.2, -0.15) is 0 Å². The number of aromatic nitrogens is 2. The lowest BCUT2D eigenvalue weighted by Gasteiger charge is -2.33. The minimum Gasteiger partial charge on any atom is -0.497 e. The number of nitrogens with one attached hydrogen (secondary N) is 3. The van der Waals surface area contributed by atoms with Crippen LogP contribution < -0.4 is 15.4 Å². The van der Waals surface area contributed by atoms with Gasteiger partial charge in [0.05, 0.1) is 29.8 Å². The van der Waals surface area contributed by atoms with Gasteiger partial charge in [0, 0.05) is 18.5 Å². The number of nitrogens with zero attached hydrogens (tertiary/aromatic N) is 1. The number of hydrogen-bond donors (Lipinski definition) is 4. The number of methoxy groups -OCH3 is 1. The van der Waals surface area contributed by atoms with Crippen molar-refractivity contribution in [2.45, 2.75) is 56.7 Å². The van der Waals surface area contributed by atoms with E-state index in [4.69, 9.17) is 4.74 Å². The van der Waals surface area contributed by atoms with Gasteiger partial charge in [-0.1, -0.05) is 6.07 Å². The third-order valence-electron chi connectivity index (χ3n) is 6.18. The quantitative estimate of drug-likeness (QED) is 0.446. The van der Waals surface area contributed by atoms with Crippen LogP contribution in [0.15, 0.2) is 36.4 Å². The molecule has 1 fully saturated rings. The fourth-order valence-corrected chi connectivity index (χ4v) is 4.19. The minimum atomic E-state index is -0.702. The van der Waals surface area contributed by atoms with Crippen LogP contribution in [0.5, 0.6) is 5.75 Å². The molecule has 4 N–H and O–H groups in total. The first-order chi connectivity index (χ1) is 15.7. The molecule has 7 nitrogen and oxygen atoms in total. The molecule has 0 bridgehead atoms. The topological polar surface area (TPSA) is 99.3 Å². The molecule has 1 unspecified atom stereocenters. The van der Waals surface area contributed by atoms with E-state index in [0.29, 0.717) is 53.9 Å². The first-order valence-electron chi connectivity index (χ1n) is 11.0. The van der Waals surface area contributed by atoms with Crippen molar-refractivity contribution < 1.29 is 23.4 Å². The van der Waals surface area contributed by atoms with Gasteiger partial charge in [0.25, 0.3) is 0 Å². The van der Waals surface area contributed by atoms with Crippen LogP contribution in [0.2, 0.25) is 0 Å². The number of benzene rings is 2. The summed E-state index contributed by atoms with van der Waals surface area (Å²) in [4.78, 5) is 20.3. The van der Waals surface area contributed by atoms with Crippen LogP contribution in [0.4, 0.5) is 13.6 Å². The molecule has 0 aliphatic heterocycles. The highest BCUT2D eigenvalue weighted by Crippen LogP contribution is 2.28. The number of H-pyrrole nitrogens is 1. The monoisotopic (exact) mass is 458 g/mol. The SMILES string of the molecule is COc1ccc(CC(NC(=O)N[C@H]2CC[C@@](C)(O)CC2)c2nc3ccc(F)cc3[nH]2)c(F)c1. The average Bonchev–Trinajstić information content (AvgIpc) is 3.19. The number of hydrogen-bond acceptors (Lipinski definition) is 4. The van der Waals surface area contributed by atoms with Crippen molar-refractivity contribution in [2.75, 3.05) is 7.11 Å². The standard InChI is InChI=1S/C24H28F2N4O3/c1-24(32)9-7-16(8-10-24)27-23(31)30-21(11-14-3-5-17(33-2)13-18(14)26)22-28-19-6-4-15(25)12-20(19)29-22/h3-6,12-13,16,21,32H,7-11H2,1-2H3,(H,28,29)(H2,27,30,31)/t16-,21?,24+. The summed E-state index contributed by atoms with van der Waals surface area (Å²) < 4.78 is 33.3. The molecule has 2 amide bonds. The van der Waals surface area contributed by atoms with E-state index in [1.165, 1.54) is 25.3 Å². The molecule has 4 rings (SSSR count). The lowest BCUT2D eigenvalue weighted by atomic mass is 9.84. The van der Waals surface area contributed by atoms with Crippen LogP contribution in [0.25, 0.3) is 11.0 Å². The normalized spacial score (nSPS) is 21.5. The van der Waals surface area contributed by atoms with Crippen LogP contribution in [-0.2, 0) is 6.42 Å². The van der Waals surface area contributed by atoms with Crippen molar-refractivity contribution in [3.63, 3.8) is 0 Å². The number of amides is 2. The molecule has 3 aromatic rings. The van der Waals surface area contributed by atoms with Gasteiger partial charge in [0.2, 0.25) is 0 Å². The zero-order chi connectivity index (χ0) is 23.6. The van der Waals surface area contributed by atoms with E-state index in [1.807, 2.05) is 0 Å². The number of rotatable bonds is 6. The van der Waals surface area contributed by atoms with E-state index in [9.17, 15) is 18.7 Å². The van der Waals surface area contributed by atoms with E-state index in [2.05, 4.69) is 20.6 Å². The van der Waals surface area contributed by atoms with Gasteiger partial charge in [-0.3, -0.25) is 0 Å². The maximum atomic E-state index is 14.6. The summed E-state index contributed by atoms with van der Waals surface area (Å²) in [6, 6.07) is 7.56. The molecule has 176 valence electrons. The summed E-state index contributed by atoms with van der Waals surface area (Å²) in [5.41, 5.74) is 0.707. The van der Waals surface area contributed by atoms with Crippen molar-refractivity contribution in [1.82, 2.24) is 20.6 Å². The van der Waals surface area contributed by atoms with Gasteiger partial charge >= 0.3 is 6.03 Å². The Morgan fingerprint density at radius 3 is 2.73 bits per heavy atom. The fraction of sp³-hybridized carbons (Fsp3) is 0.417. The maximum absolute atomic E-state index is 14.6. The van der Waals surface area contributed by atoms with Crippen molar-refractivity contribution in [3.8, 4) is 5.75 Å². The second-order valence-corrected chi connectivity index (χ2v) is 8.89. The number of carbonyl (C=O) groups is 1. The number of fused-ring (bicyclic) bond motifs is 1. The second kappa shape index (κ2) is 9.35. The Bertz CT molecular complexity index is 1140. The number of halogens is 2. The number of aliphatic hydroxyl groups is 1. The van der Waals surface area contributed by atoms with Crippen molar-refractivity contribution in [3.05, 3.63) is 59.4 Å². The van der Waals surface area contributed by atoms with E-state index in [1.54, 1.807) is 25.1 Å². The van der Waals surface area contributed by atoms with Crippen LogP contribution in [-0.4, -0.2) is 39.9 Å². The van der Waals surface area contributed by atoms with Gasteiger partial charge in [0.1, 0.15) is 23.2 Å². The van der Waals surface area contributed by atoms with Crippen molar-refractivity contribution >= 4 is 17.1 Å². The molecule has 1 saturated carbocycles. The predicted octanol–water partition coefficient (Wildman–Crippen LogP) is 4.13. The minimum absolute atomic E-state index is 0.0617. The summed E-state index contributed by atoms with van der Waals surface area (Å²) in [7, 11) is 1.46. The molecule has 1 aromatic heterocycles. The lowest BCUT2D eigenvalue weighted by Crippen LogP contribution is -2.47. The summed E-state index contributed by atoms with van der Waals surface area (Å²) in [5.74, 6) is -0.0778. The van der Waals surface area contributed by atoms with E-state index in [0.717, 1.165) is 0 Å². The molecule has 9 heteroatoms. The number of urea groups is 1. The molecule has 1 atom stereocenters. The average molecular weight is 459 g/mol. The Labute approximate surface area is 190 Å². The van der Waals surface area contributed by atoms with Crippen molar-refractivity contribution in [1.29, 1.82) is 0 Å². The van der Waals surface area contributed by atoms with Gasteiger partial charge in [-0.05, 0) is 62.4 Å². The van der Waals surface area contributed by atoms with Crippen LogP contribution in [0, 0.1) is 11.6 Å². The highest BCUT2D eigenvalue weighted by molar-refractivity contribution is 5.76. The largest absolute Gasteiger partial charge is 0.497 e. The molecule has 2 aromatic carbocycles. The lowest BCUT2D eigenvalue weighted by molar-refractivity contribution is 0.0151. The number of carbonyl (C=O) groups excluding carboxylic acids is 1. The number of aromatic amines is 1. The van der Waals surface area contributed by atoms with E-state index < -0.39 is 29.3 Å². The molecule has 33 heavy (non-hydrogen) atoms. The molecule has 0 radical (unpaired) electrons. The Morgan fingerprint density at radius 2 is 2.03 bits per heavy atom. The van der Waals surface area contributed by atoms with Crippen LogP contribution >= 0.6 is 0 Å². The van der Waals surface area contributed by atoms with E-state index in [-0.39, 0.29) is 12.5 Å². The number of ether oxygens (including phenoxy) is 1. The molecule has 0 saturated heterocycles. The van der Waals surface area contributed by atoms with E-state index >= 15 is 0 Å². The van der Waals surface area contributed by atoms with Crippen LogP contribution in [0.3, 0.4) is 0 Å². The molecule has 1 aliphatic carbocycles. The molecule has 0 spiro atoms. The third kappa shape index (κ3) is 5.60. The van der Waals surface area contributed by atoms with Gasteiger partial charge in [-0.15, -0.1) is 0 Å². The Hall–Kier alpha value is -3.20. The highest BCUT2D eigenvalue weighted by Gasteiger charge is 2.30. The molecule has 1 aliphatic rings. The molecule has 1 heterocycles. The maximum Gasteiger partial charge on any atom is 0.315 e. The summed E-state index contributed by atoms with van der Waals surface area (Å²) in [6.45, 7) is 1.80. The third-order valence-corrected chi connectivity index (χ3v) is 6.18. The zero-order valence-corrected chi connectivity index (χ0v) is 18.6. The smallest absolute Gasteiger partial charge is 0.315 e. The van der Waals surface area contributed by atoms with Gasteiger partial charge in [0.15, 0.2) is 0 Å². The fourth-order valence-electron chi connectivity index (χ4n) is 4.19. The van der Waals surface area contributed by atoms with Crippen molar-refractivity contribution in [2.24, 2.45) is 0 Å². The first-order valence-corrected chi connectivity index (χ1v) is 11.0. The van der Waals surface area contributed by atoms with Gasteiger partial charge < -0.3 is 25.5 Å². The van der Waals surface area contributed by atoms with Gasteiger partial charge in [-0.25, -0.2) is 18.6 Å². The second-order valence-electron chi connectivity index (χ2n) is 8.89. The molecular weight excluding hydrogens is 430 g/mol.